The molecular formula is C13H20ClFN2. The Morgan fingerprint density at radius 2 is 2.18 bits per heavy atom. The molecule has 0 saturated carbocycles. The van der Waals surface area contributed by atoms with Crippen LogP contribution in [0.3, 0.4) is 0 Å². The van der Waals surface area contributed by atoms with Crippen molar-refractivity contribution in [1.29, 1.82) is 0 Å². The average molecular weight is 259 g/mol. The second-order valence-corrected chi connectivity index (χ2v) is 4.65. The largest absolute Gasteiger partial charge is 0.309 e. The first-order chi connectivity index (χ1) is 8.04. The molecule has 1 aromatic carbocycles. The number of nitrogens with one attached hydrogen (secondary N) is 1. The van der Waals surface area contributed by atoms with Crippen LogP contribution in [0.15, 0.2) is 18.2 Å². The van der Waals surface area contributed by atoms with Crippen LogP contribution in [0.2, 0.25) is 5.02 Å². The number of rotatable bonds is 6. The van der Waals surface area contributed by atoms with Crippen LogP contribution in [0.4, 0.5) is 4.39 Å². The predicted octanol–water partition coefficient (Wildman–Crippen LogP) is 3.08. The second kappa shape index (κ2) is 6.94. The van der Waals surface area contributed by atoms with Gasteiger partial charge in [0.1, 0.15) is 5.82 Å². The minimum absolute atomic E-state index is 0.132. The zero-order chi connectivity index (χ0) is 12.8. The number of halogens is 2. The Hall–Kier alpha value is -0.640. The topological polar surface area (TPSA) is 15.3 Å². The monoisotopic (exact) mass is 258 g/mol. The molecule has 0 amide bonds. The Morgan fingerprint density at radius 3 is 2.76 bits per heavy atom. The summed E-state index contributed by atoms with van der Waals surface area (Å²) in [5.74, 6) is -0.358. The van der Waals surface area contributed by atoms with E-state index in [4.69, 9.17) is 11.6 Å². The van der Waals surface area contributed by atoms with E-state index in [1.54, 1.807) is 6.07 Å². The average Bonchev–Trinajstić information content (AvgIpc) is 2.32. The molecule has 1 rings (SSSR count). The van der Waals surface area contributed by atoms with Crippen molar-refractivity contribution in [3.63, 3.8) is 0 Å². The van der Waals surface area contributed by atoms with Crippen molar-refractivity contribution in [2.75, 3.05) is 26.7 Å². The lowest BCUT2D eigenvalue weighted by atomic mass is 10.1. The van der Waals surface area contributed by atoms with Crippen molar-refractivity contribution < 1.29 is 4.39 Å². The van der Waals surface area contributed by atoms with Crippen LogP contribution >= 0.6 is 11.6 Å². The molecule has 0 aliphatic carbocycles. The third-order valence-corrected chi connectivity index (χ3v) is 3.23. The molecular weight excluding hydrogens is 239 g/mol. The number of hydrogen-bond acceptors (Lipinski definition) is 2. The Balaban J connectivity index is 2.46. The lowest BCUT2D eigenvalue weighted by Crippen LogP contribution is -2.30. The molecule has 1 unspecified atom stereocenters. The molecule has 1 N–H and O–H groups in total. The summed E-state index contributed by atoms with van der Waals surface area (Å²) in [6.45, 7) is 7.05. The molecule has 4 heteroatoms. The van der Waals surface area contributed by atoms with E-state index >= 15 is 0 Å². The van der Waals surface area contributed by atoms with Gasteiger partial charge in [-0.1, -0.05) is 24.6 Å². The van der Waals surface area contributed by atoms with Gasteiger partial charge in [0.05, 0.1) is 5.02 Å². The van der Waals surface area contributed by atoms with Gasteiger partial charge in [0, 0.05) is 19.1 Å². The number of likely N-dealkylation sites (N-methyl/N-ethyl adjacent to an activating group) is 1. The summed E-state index contributed by atoms with van der Waals surface area (Å²) in [5, 5.41) is 3.53. The van der Waals surface area contributed by atoms with Gasteiger partial charge in [0.15, 0.2) is 0 Å². The van der Waals surface area contributed by atoms with Crippen LogP contribution < -0.4 is 5.32 Å². The van der Waals surface area contributed by atoms with Crippen molar-refractivity contribution >= 4 is 11.6 Å². The Kier molecular flexibility index (Phi) is 5.89. The van der Waals surface area contributed by atoms with E-state index in [2.05, 4.69) is 24.2 Å². The third kappa shape index (κ3) is 4.62. The van der Waals surface area contributed by atoms with Gasteiger partial charge in [0.25, 0.3) is 0 Å². The van der Waals surface area contributed by atoms with Gasteiger partial charge in [0.2, 0.25) is 0 Å². The van der Waals surface area contributed by atoms with Crippen molar-refractivity contribution in [3.05, 3.63) is 34.6 Å². The molecule has 0 aliphatic rings. The molecule has 96 valence electrons. The molecule has 0 radical (unpaired) electrons. The summed E-state index contributed by atoms with van der Waals surface area (Å²) >= 11 is 5.65. The first-order valence-corrected chi connectivity index (χ1v) is 6.29. The van der Waals surface area contributed by atoms with E-state index < -0.39 is 0 Å². The van der Waals surface area contributed by atoms with E-state index in [1.807, 2.05) is 13.0 Å². The molecule has 0 aliphatic heterocycles. The summed E-state index contributed by atoms with van der Waals surface area (Å²) in [6.07, 6.45) is 0. The van der Waals surface area contributed by atoms with E-state index in [9.17, 15) is 4.39 Å². The molecule has 0 saturated heterocycles. The molecule has 1 aromatic rings. The molecule has 0 spiro atoms. The van der Waals surface area contributed by atoms with Gasteiger partial charge in [-0.15, -0.1) is 0 Å². The molecule has 0 fully saturated rings. The van der Waals surface area contributed by atoms with Crippen molar-refractivity contribution in [2.24, 2.45) is 0 Å². The van der Waals surface area contributed by atoms with Crippen LogP contribution in [0, 0.1) is 5.82 Å². The summed E-state index contributed by atoms with van der Waals surface area (Å²) in [7, 11) is 2.08. The van der Waals surface area contributed by atoms with Crippen molar-refractivity contribution in [3.8, 4) is 0 Å². The highest BCUT2D eigenvalue weighted by Gasteiger charge is 2.07. The van der Waals surface area contributed by atoms with Crippen LogP contribution in [0.5, 0.6) is 0 Å². The fourth-order valence-corrected chi connectivity index (χ4v) is 1.65. The maximum atomic E-state index is 13.3. The Labute approximate surface area is 108 Å². The molecule has 0 aromatic heterocycles. The standard InChI is InChI=1S/C13H20ClFN2/c1-4-17(3)8-7-16-10(2)11-5-6-12(14)13(15)9-11/h5-6,9-10,16H,4,7-8H2,1-3H3. The summed E-state index contributed by atoms with van der Waals surface area (Å²) in [4.78, 5) is 2.22. The molecule has 2 nitrogen and oxygen atoms in total. The van der Waals surface area contributed by atoms with Gasteiger partial charge in [-0.25, -0.2) is 4.39 Å². The molecule has 0 bridgehead atoms. The second-order valence-electron chi connectivity index (χ2n) is 4.25. The van der Waals surface area contributed by atoms with Gasteiger partial charge >= 0.3 is 0 Å². The van der Waals surface area contributed by atoms with E-state index in [0.717, 1.165) is 25.2 Å². The lowest BCUT2D eigenvalue weighted by molar-refractivity contribution is 0.342. The summed E-state index contributed by atoms with van der Waals surface area (Å²) in [6, 6.07) is 5.07. The van der Waals surface area contributed by atoms with Crippen molar-refractivity contribution in [2.45, 2.75) is 19.9 Å². The molecule has 0 heterocycles. The zero-order valence-corrected chi connectivity index (χ0v) is 11.4. The van der Waals surface area contributed by atoms with Gasteiger partial charge in [-0.05, 0) is 38.2 Å². The third-order valence-electron chi connectivity index (χ3n) is 2.93. The van der Waals surface area contributed by atoms with Crippen LogP contribution in [-0.2, 0) is 0 Å². The highest BCUT2D eigenvalue weighted by Crippen LogP contribution is 2.19. The number of nitrogens with zero attached hydrogens (tertiary/aromatic N) is 1. The predicted molar refractivity (Wildman–Crippen MR) is 71.0 cm³/mol. The highest BCUT2D eigenvalue weighted by molar-refractivity contribution is 6.30. The molecule has 17 heavy (non-hydrogen) atoms. The van der Waals surface area contributed by atoms with Crippen LogP contribution in [0.25, 0.3) is 0 Å². The smallest absolute Gasteiger partial charge is 0.142 e. The fraction of sp³-hybridized carbons (Fsp3) is 0.538. The quantitative estimate of drug-likeness (QED) is 0.844. The van der Waals surface area contributed by atoms with Crippen LogP contribution in [0.1, 0.15) is 25.5 Å². The van der Waals surface area contributed by atoms with Gasteiger partial charge in [-0.2, -0.15) is 0 Å². The highest BCUT2D eigenvalue weighted by atomic mass is 35.5. The molecule has 1 atom stereocenters. The lowest BCUT2D eigenvalue weighted by Gasteiger charge is -2.18. The Bertz CT molecular complexity index is 357. The van der Waals surface area contributed by atoms with Crippen LogP contribution in [-0.4, -0.2) is 31.6 Å². The first-order valence-electron chi connectivity index (χ1n) is 5.91. The summed E-state index contributed by atoms with van der Waals surface area (Å²) in [5.41, 5.74) is 0.922. The fourth-order valence-electron chi connectivity index (χ4n) is 1.53. The van der Waals surface area contributed by atoms with Crippen molar-refractivity contribution in [1.82, 2.24) is 10.2 Å². The first kappa shape index (κ1) is 14.4. The minimum Gasteiger partial charge on any atom is -0.309 e. The van der Waals surface area contributed by atoms with Gasteiger partial charge in [-0.3, -0.25) is 0 Å². The SMILES string of the molecule is CCN(C)CCNC(C)c1ccc(Cl)c(F)c1. The summed E-state index contributed by atoms with van der Waals surface area (Å²) < 4.78 is 13.3. The Morgan fingerprint density at radius 1 is 1.47 bits per heavy atom. The van der Waals surface area contributed by atoms with Gasteiger partial charge < -0.3 is 10.2 Å². The maximum Gasteiger partial charge on any atom is 0.142 e. The maximum absolute atomic E-state index is 13.3. The van der Waals surface area contributed by atoms with E-state index in [0.29, 0.717) is 0 Å². The number of benzene rings is 1. The van der Waals surface area contributed by atoms with E-state index in [1.165, 1.54) is 6.07 Å². The minimum atomic E-state index is -0.358. The van der Waals surface area contributed by atoms with E-state index in [-0.39, 0.29) is 16.9 Å². The normalized spacial score (nSPS) is 13.1. The zero-order valence-electron chi connectivity index (χ0n) is 10.6. The number of hydrogen-bond donors (Lipinski definition) is 1.